The molecule has 2 aromatic carbocycles. The quantitative estimate of drug-likeness (QED) is 0.566. The zero-order valence-corrected chi connectivity index (χ0v) is 13.9. The number of hydrogen-bond acceptors (Lipinski definition) is 4. The van der Waals surface area contributed by atoms with Gasteiger partial charge < -0.3 is 9.72 Å². The highest BCUT2D eigenvalue weighted by Crippen LogP contribution is 2.31. The lowest BCUT2D eigenvalue weighted by atomic mass is 10.2. The van der Waals surface area contributed by atoms with E-state index in [0.717, 1.165) is 0 Å². The van der Waals surface area contributed by atoms with Crippen molar-refractivity contribution in [3.8, 4) is 5.75 Å². The van der Waals surface area contributed by atoms with Crippen molar-refractivity contribution < 1.29 is 9.53 Å². The van der Waals surface area contributed by atoms with Crippen LogP contribution in [0.15, 0.2) is 47.3 Å². The summed E-state index contributed by atoms with van der Waals surface area (Å²) in [6.07, 6.45) is 0.293. The maximum Gasteiger partial charge on any atom is 0.311 e. The molecule has 0 radical (unpaired) electrons. The maximum atomic E-state index is 12.0. The average molecular weight is 363 g/mol. The standard InChI is InChI=1S/C17H12Cl2N2O3/c18-11-5-3-7-13(16(11)19)24-15(22)9-8-14-20-12-6-2-1-4-10(12)17(23)21-14/h1-7H,8-9H2,(H,20,21,23). The Bertz CT molecular complexity index is 969. The molecular formula is C17H12Cl2N2O3. The van der Waals surface area contributed by atoms with Crippen LogP contribution in [0.3, 0.4) is 0 Å². The number of aromatic nitrogens is 2. The molecule has 24 heavy (non-hydrogen) atoms. The fraction of sp³-hybridized carbons (Fsp3) is 0.118. The summed E-state index contributed by atoms with van der Waals surface area (Å²) in [4.78, 5) is 30.9. The largest absolute Gasteiger partial charge is 0.425 e. The number of esters is 1. The minimum atomic E-state index is -0.491. The Morgan fingerprint density at radius 3 is 2.75 bits per heavy atom. The third-order valence-corrected chi connectivity index (χ3v) is 4.17. The second-order valence-corrected chi connectivity index (χ2v) is 5.84. The van der Waals surface area contributed by atoms with Crippen LogP contribution in [0.4, 0.5) is 0 Å². The third kappa shape index (κ3) is 3.58. The van der Waals surface area contributed by atoms with E-state index in [1.54, 1.807) is 42.5 Å². The van der Waals surface area contributed by atoms with Crippen LogP contribution in [-0.4, -0.2) is 15.9 Å². The van der Waals surface area contributed by atoms with Gasteiger partial charge in [0.1, 0.15) is 10.8 Å². The smallest absolute Gasteiger partial charge is 0.311 e. The van der Waals surface area contributed by atoms with Crippen molar-refractivity contribution in [2.75, 3.05) is 0 Å². The first-order valence-electron chi connectivity index (χ1n) is 7.17. The van der Waals surface area contributed by atoms with E-state index in [4.69, 9.17) is 27.9 Å². The van der Waals surface area contributed by atoms with Crippen molar-refractivity contribution in [2.24, 2.45) is 0 Å². The van der Waals surface area contributed by atoms with E-state index < -0.39 is 5.97 Å². The number of carbonyl (C=O) groups is 1. The number of carbonyl (C=O) groups excluding carboxylic acids is 1. The molecule has 0 spiro atoms. The fourth-order valence-corrected chi connectivity index (χ4v) is 2.54. The minimum absolute atomic E-state index is 0.0458. The lowest BCUT2D eigenvalue weighted by Gasteiger charge is -2.07. The summed E-state index contributed by atoms with van der Waals surface area (Å²) >= 11 is 11.8. The number of benzene rings is 2. The van der Waals surface area contributed by atoms with E-state index in [9.17, 15) is 9.59 Å². The molecule has 1 aromatic heterocycles. The zero-order valence-electron chi connectivity index (χ0n) is 12.4. The number of nitrogens with one attached hydrogen (secondary N) is 1. The summed E-state index contributed by atoms with van der Waals surface area (Å²) in [7, 11) is 0. The highest BCUT2D eigenvalue weighted by atomic mass is 35.5. The molecule has 0 aliphatic rings. The molecule has 0 bridgehead atoms. The first-order valence-corrected chi connectivity index (χ1v) is 7.93. The Hall–Kier alpha value is -2.37. The number of fused-ring (bicyclic) bond motifs is 1. The average Bonchev–Trinajstić information content (AvgIpc) is 2.57. The Balaban J connectivity index is 1.70. The molecule has 7 heteroatoms. The molecule has 0 saturated carbocycles. The van der Waals surface area contributed by atoms with Gasteiger partial charge in [0.2, 0.25) is 0 Å². The normalized spacial score (nSPS) is 10.8. The van der Waals surface area contributed by atoms with Crippen molar-refractivity contribution in [2.45, 2.75) is 12.8 Å². The summed E-state index contributed by atoms with van der Waals surface area (Å²) in [5.41, 5.74) is 0.351. The van der Waals surface area contributed by atoms with Crippen LogP contribution in [0, 0.1) is 0 Å². The summed E-state index contributed by atoms with van der Waals surface area (Å²) in [5, 5.41) is 1.00. The molecule has 5 nitrogen and oxygen atoms in total. The Morgan fingerprint density at radius 1 is 1.12 bits per heavy atom. The van der Waals surface area contributed by atoms with E-state index in [2.05, 4.69) is 9.97 Å². The lowest BCUT2D eigenvalue weighted by Crippen LogP contribution is -2.15. The molecule has 1 heterocycles. The summed E-state index contributed by atoms with van der Waals surface area (Å²) in [6.45, 7) is 0. The Kier molecular flexibility index (Phi) is 4.83. The molecule has 122 valence electrons. The Labute approximate surface area is 147 Å². The highest BCUT2D eigenvalue weighted by molar-refractivity contribution is 6.43. The molecule has 0 aliphatic heterocycles. The lowest BCUT2D eigenvalue weighted by molar-refractivity contribution is -0.134. The second kappa shape index (κ2) is 7.03. The predicted molar refractivity (Wildman–Crippen MR) is 92.8 cm³/mol. The topological polar surface area (TPSA) is 72.0 Å². The maximum absolute atomic E-state index is 12.0. The van der Waals surface area contributed by atoms with Gasteiger partial charge in [0.25, 0.3) is 5.56 Å². The molecule has 0 unspecified atom stereocenters. The molecule has 3 rings (SSSR count). The molecule has 3 aromatic rings. The SMILES string of the molecule is O=C(CCc1nc2ccccc2c(=O)[nH]1)Oc1cccc(Cl)c1Cl. The molecule has 1 N–H and O–H groups in total. The predicted octanol–water partition coefficient (Wildman–Crippen LogP) is 3.77. The van der Waals surface area contributed by atoms with Crippen molar-refractivity contribution in [3.63, 3.8) is 0 Å². The third-order valence-electron chi connectivity index (χ3n) is 3.37. The van der Waals surface area contributed by atoms with Gasteiger partial charge in [-0.15, -0.1) is 0 Å². The number of nitrogens with zero attached hydrogens (tertiary/aromatic N) is 1. The van der Waals surface area contributed by atoms with Crippen LogP contribution in [0.1, 0.15) is 12.2 Å². The van der Waals surface area contributed by atoms with E-state index >= 15 is 0 Å². The molecule has 0 aliphatic carbocycles. The van der Waals surface area contributed by atoms with E-state index in [1.165, 1.54) is 0 Å². The molecule has 0 fully saturated rings. The number of aryl methyl sites for hydroxylation is 1. The second-order valence-electron chi connectivity index (χ2n) is 5.06. The van der Waals surface area contributed by atoms with Crippen molar-refractivity contribution in [1.29, 1.82) is 0 Å². The van der Waals surface area contributed by atoms with Crippen LogP contribution in [0.2, 0.25) is 10.0 Å². The first kappa shape index (κ1) is 16.5. The summed E-state index contributed by atoms with van der Waals surface area (Å²) in [6, 6.07) is 11.8. The van der Waals surface area contributed by atoms with Gasteiger partial charge in [-0.05, 0) is 24.3 Å². The zero-order chi connectivity index (χ0) is 17.1. The van der Waals surface area contributed by atoms with Crippen LogP contribution < -0.4 is 10.3 Å². The number of H-pyrrole nitrogens is 1. The van der Waals surface area contributed by atoms with Gasteiger partial charge in [0.15, 0.2) is 5.75 Å². The van der Waals surface area contributed by atoms with Gasteiger partial charge >= 0.3 is 5.97 Å². The van der Waals surface area contributed by atoms with Gasteiger partial charge in [-0.25, -0.2) is 4.98 Å². The number of halogens is 2. The van der Waals surface area contributed by atoms with Gasteiger partial charge in [-0.2, -0.15) is 0 Å². The molecular weight excluding hydrogens is 351 g/mol. The number of aromatic amines is 1. The minimum Gasteiger partial charge on any atom is -0.425 e. The van der Waals surface area contributed by atoms with Crippen LogP contribution in [-0.2, 0) is 11.2 Å². The summed E-state index contributed by atoms with van der Waals surface area (Å²) in [5.74, 6) is 0.136. The fourth-order valence-electron chi connectivity index (χ4n) is 2.21. The van der Waals surface area contributed by atoms with Crippen LogP contribution >= 0.6 is 23.2 Å². The van der Waals surface area contributed by atoms with Gasteiger partial charge in [0.05, 0.1) is 22.3 Å². The van der Waals surface area contributed by atoms with Crippen molar-refractivity contribution in [3.05, 3.63) is 68.7 Å². The number of rotatable bonds is 4. The van der Waals surface area contributed by atoms with Crippen molar-refractivity contribution >= 4 is 40.1 Å². The number of para-hydroxylation sites is 1. The monoisotopic (exact) mass is 362 g/mol. The van der Waals surface area contributed by atoms with Gasteiger partial charge in [0, 0.05) is 6.42 Å². The van der Waals surface area contributed by atoms with Crippen LogP contribution in [0.5, 0.6) is 5.75 Å². The first-order chi connectivity index (χ1) is 11.5. The Morgan fingerprint density at radius 2 is 1.92 bits per heavy atom. The van der Waals surface area contributed by atoms with Gasteiger partial charge in [-0.3, -0.25) is 9.59 Å². The van der Waals surface area contributed by atoms with Gasteiger partial charge in [-0.1, -0.05) is 41.4 Å². The molecule has 0 amide bonds. The molecule has 0 saturated heterocycles. The van der Waals surface area contributed by atoms with E-state index in [1.807, 2.05) is 0 Å². The summed E-state index contributed by atoms with van der Waals surface area (Å²) < 4.78 is 5.19. The molecule has 0 atom stereocenters. The van der Waals surface area contributed by atoms with E-state index in [-0.39, 0.29) is 29.2 Å². The van der Waals surface area contributed by atoms with Crippen LogP contribution in [0.25, 0.3) is 10.9 Å². The van der Waals surface area contributed by atoms with E-state index in [0.29, 0.717) is 21.7 Å². The number of hydrogen-bond donors (Lipinski definition) is 1. The number of ether oxygens (including phenoxy) is 1. The highest BCUT2D eigenvalue weighted by Gasteiger charge is 2.12. The van der Waals surface area contributed by atoms with Crippen molar-refractivity contribution in [1.82, 2.24) is 9.97 Å².